The molecule has 46 heavy (non-hydrogen) atoms. The summed E-state index contributed by atoms with van der Waals surface area (Å²) in [7, 11) is 0. The molecule has 252 valence electrons. The van der Waals surface area contributed by atoms with Crippen LogP contribution < -0.4 is 0 Å². The Morgan fingerprint density at radius 1 is 0.609 bits per heavy atom. The van der Waals surface area contributed by atoms with E-state index < -0.39 is 10.8 Å². The third-order valence-electron chi connectivity index (χ3n) is 9.80. The number of carbonyl (C=O) groups is 4. The van der Waals surface area contributed by atoms with E-state index in [1.165, 1.54) is 0 Å². The fourth-order valence-electron chi connectivity index (χ4n) is 6.24. The lowest BCUT2D eigenvalue weighted by Crippen LogP contribution is -2.28. The number of carbonyl (C=O) groups excluding carboxylic acids is 4. The minimum Gasteiger partial charge on any atom is -0.465 e. The molecule has 1 aliphatic rings. The second-order valence-electron chi connectivity index (χ2n) is 14.5. The van der Waals surface area contributed by atoms with Crippen molar-refractivity contribution < 1.29 is 28.7 Å². The summed E-state index contributed by atoms with van der Waals surface area (Å²) >= 11 is 0. The Hall–Kier alpha value is -3.28. The van der Waals surface area contributed by atoms with Crippen LogP contribution in [0.25, 0.3) is 0 Å². The van der Waals surface area contributed by atoms with Crippen LogP contribution in [0.4, 0.5) is 0 Å². The minimum absolute atomic E-state index is 0.167. The quantitative estimate of drug-likeness (QED) is 0.130. The first kappa shape index (κ1) is 37.2. The Morgan fingerprint density at radius 2 is 0.978 bits per heavy atom. The SMILES string of the molecule is CCCCC(CC)COC(=O)CC(C)(C)c1ccc2c(c1)C(=O)c1cc(C(C)(C)CC(=O)OCC(CC)CCCC)ccc1C2=O. The number of ether oxygens (including phenoxy) is 2. The van der Waals surface area contributed by atoms with Crippen LogP contribution in [0.2, 0.25) is 0 Å². The molecule has 2 aromatic carbocycles. The van der Waals surface area contributed by atoms with E-state index in [2.05, 4.69) is 27.7 Å². The Morgan fingerprint density at radius 3 is 1.33 bits per heavy atom. The van der Waals surface area contributed by atoms with Crippen molar-refractivity contribution in [1.82, 2.24) is 0 Å². The van der Waals surface area contributed by atoms with Gasteiger partial charge in [-0.25, -0.2) is 0 Å². The minimum atomic E-state index is -0.599. The third kappa shape index (κ3) is 9.39. The summed E-state index contributed by atoms with van der Waals surface area (Å²) in [4.78, 5) is 53.2. The highest BCUT2D eigenvalue weighted by Crippen LogP contribution is 2.36. The molecule has 0 aliphatic heterocycles. The van der Waals surface area contributed by atoms with Gasteiger partial charge in [-0.3, -0.25) is 19.2 Å². The van der Waals surface area contributed by atoms with Gasteiger partial charge in [-0.1, -0.05) is 106 Å². The largest absolute Gasteiger partial charge is 0.465 e. The van der Waals surface area contributed by atoms with Crippen molar-refractivity contribution in [3.05, 3.63) is 69.8 Å². The number of esters is 2. The van der Waals surface area contributed by atoms with Gasteiger partial charge in [0.2, 0.25) is 0 Å². The van der Waals surface area contributed by atoms with E-state index in [9.17, 15) is 19.2 Å². The third-order valence-corrected chi connectivity index (χ3v) is 9.80. The molecule has 6 nitrogen and oxygen atoms in total. The van der Waals surface area contributed by atoms with E-state index in [0.717, 1.165) is 62.5 Å². The molecule has 6 heteroatoms. The summed E-state index contributed by atoms with van der Waals surface area (Å²) in [5, 5.41) is 0. The van der Waals surface area contributed by atoms with Gasteiger partial charge in [0.25, 0.3) is 0 Å². The second-order valence-corrected chi connectivity index (χ2v) is 14.5. The van der Waals surface area contributed by atoms with Crippen LogP contribution in [0.3, 0.4) is 0 Å². The summed E-state index contributed by atoms with van der Waals surface area (Å²) in [5.74, 6) is -0.224. The van der Waals surface area contributed by atoms with Gasteiger partial charge in [0.05, 0.1) is 26.1 Å². The average molecular weight is 633 g/mol. The van der Waals surface area contributed by atoms with Gasteiger partial charge in [-0.15, -0.1) is 0 Å². The Bertz CT molecular complexity index is 1280. The maximum absolute atomic E-state index is 13.9. The van der Waals surface area contributed by atoms with E-state index in [1.807, 2.05) is 39.8 Å². The standard InChI is InChI=1S/C40H56O6/c1-9-13-15-27(11-3)25-45-35(41)23-39(5,6)29-17-19-31-33(21-29)38(44)34-22-30(18-20-32(34)37(31)43)40(7,8)24-36(42)46-26-28(12-4)16-14-10-2/h17-22,27-28H,9-16,23-26H2,1-8H3. The highest BCUT2D eigenvalue weighted by Gasteiger charge is 2.35. The predicted molar refractivity (Wildman–Crippen MR) is 184 cm³/mol. The van der Waals surface area contributed by atoms with E-state index >= 15 is 0 Å². The van der Waals surface area contributed by atoms with Crippen molar-refractivity contribution in [2.24, 2.45) is 11.8 Å². The average Bonchev–Trinajstić information content (AvgIpc) is 3.02. The molecule has 0 spiro atoms. The summed E-state index contributed by atoms with van der Waals surface area (Å²) in [5.41, 5.74) is 1.82. The number of fused-ring (bicyclic) bond motifs is 2. The highest BCUT2D eigenvalue weighted by atomic mass is 16.5. The van der Waals surface area contributed by atoms with E-state index in [1.54, 1.807) is 24.3 Å². The molecule has 0 heterocycles. The van der Waals surface area contributed by atoms with E-state index in [0.29, 0.717) is 47.3 Å². The van der Waals surface area contributed by atoms with Gasteiger partial charge < -0.3 is 9.47 Å². The zero-order valence-corrected chi connectivity index (χ0v) is 29.6. The summed E-state index contributed by atoms with van der Waals surface area (Å²) in [6.07, 6.45) is 8.86. The molecule has 0 amide bonds. The molecule has 2 aromatic rings. The first-order valence-corrected chi connectivity index (χ1v) is 17.5. The Balaban J connectivity index is 1.76. The lowest BCUT2D eigenvalue weighted by Gasteiger charge is -2.28. The first-order chi connectivity index (χ1) is 21.8. The molecular formula is C40H56O6. The summed E-state index contributed by atoms with van der Waals surface area (Å²) < 4.78 is 11.3. The number of hydrogen-bond donors (Lipinski definition) is 0. The Kier molecular flexibility index (Phi) is 13.3. The van der Waals surface area contributed by atoms with Crippen LogP contribution in [-0.2, 0) is 29.9 Å². The molecule has 0 radical (unpaired) electrons. The normalized spacial score (nSPS) is 14.3. The summed E-state index contributed by atoms with van der Waals surface area (Å²) in [6.45, 7) is 17.2. The Labute approximate surface area is 277 Å². The topological polar surface area (TPSA) is 86.7 Å². The van der Waals surface area contributed by atoms with Gasteiger partial charge >= 0.3 is 11.9 Å². The molecule has 1 aliphatic carbocycles. The zero-order valence-electron chi connectivity index (χ0n) is 29.6. The van der Waals surface area contributed by atoms with Crippen molar-refractivity contribution in [1.29, 1.82) is 0 Å². The van der Waals surface area contributed by atoms with Crippen molar-refractivity contribution in [2.45, 2.75) is 130 Å². The molecule has 0 aromatic heterocycles. The van der Waals surface area contributed by atoms with Crippen LogP contribution in [0.1, 0.15) is 163 Å². The fraction of sp³-hybridized carbons (Fsp3) is 0.600. The molecule has 0 fully saturated rings. The van der Waals surface area contributed by atoms with Crippen molar-refractivity contribution in [3.63, 3.8) is 0 Å². The first-order valence-electron chi connectivity index (χ1n) is 17.5. The molecular weight excluding hydrogens is 576 g/mol. The lowest BCUT2D eigenvalue weighted by atomic mass is 9.75. The number of rotatable bonds is 18. The van der Waals surface area contributed by atoms with Gasteiger partial charge in [0.15, 0.2) is 11.6 Å². The smallest absolute Gasteiger partial charge is 0.306 e. The van der Waals surface area contributed by atoms with Crippen LogP contribution in [0, 0.1) is 11.8 Å². The van der Waals surface area contributed by atoms with Crippen molar-refractivity contribution in [3.8, 4) is 0 Å². The van der Waals surface area contributed by atoms with Crippen molar-refractivity contribution in [2.75, 3.05) is 13.2 Å². The number of ketones is 2. The number of hydrogen-bond acceptors (Lipinski definition) is 6. The highest BCUT2D eigenvalue weighted by molar-refractivity contribution is 6.28. The number of unbranched alkanes of at least 4 members (excludes halogenated alkanes) is 2. The van der Waals surface area contributed by atoms with Crippen LogP contribution in [-0.4, -0.2) is 36.7 Å². The summed E-state index contributed by atoms with van der Waals surface area (Å²) in [6, 6.07) is 10.6. The second kappa shape index (κ2) is 16.5. The van der Waals surface area contributed by atoms with Gasteiger partial charge in [-0.2, -0.15) is 0 Å². The van der Waals surface area contributed by atoms with Crippen LogP contribution in [0.5, 0.6) is 0 Å². The molecule has 0 saturated carbocycles. The van der Waals surface area contributed by atoms with Crippen molar-refractivity contribution >= 4 is 23.5 Å². The maximum Gasteiger partial charge on any atom is 0.306 e. The van der Waals surface area contributed by atoms with Crippen LogP contribution in [0.15, 0.2) is 36.4 Å². The monoisotopic (exact) mass is 632 g/mol. The van der Waals surface area contributed by atoms with Gasteiger partial charge in [0, 0.05) is 33.1 Å². The number of benzene rings is 2. The molecule has 3 rings (SSSR count). The predicted octanol–water partition coefficient (Wildman–Crippen LogP) is 9.32. The molecule has 0 bridgehead atoms. The van der Waals surface area contributed by atoms with E-state index in [4.69, 9.17) is 9.47 Å². The lowest BCUT2D eigenvalue weighted by molar-refractivity contribution is -0.147. The molecule has 2 atom stereocenters. The zero-order chi connectivity index (χ0) is 34.1. The maximum atomic E-state index is 13.9. The van der Waals surface area contributed by atoms with E-state index in [-0.39, 0.29) is 36.3 Å². The van der Waals surface area contributed by atoms with Gasteiger partial charge in [-0.05, 0) is 60.1 Å². The fourth-order valence-corrected chi connectivity index (χ4v) is 6.24. The molecule has 2 unspecified atom stereocenters. The molecule has 0 N–H and O–H groups in total. The van der Waals surface area contributed by atoms with Gasteiger partial charge in [0.1, 0.15) is 0 Å². The van der Waals surface area contributed by atoms with Crippen LogP contribution >= 0.6 is 0 Å². The molecule has 0 saturated heterocycles.